The minimum atomic E-state index is -0.250. The number of hydrogen-bond donors (Lipinski definition) is 1. The van der Waals surface area contributed by atoms with Crippen molar-refractivity contribution in [2.24, 2.45) is 0 Å². The fourth-order valence-electron chi connectivity index (χ4n) is 4.72. The SMILES string of the molecule is CCCCCCCCCCCCCCCCCCCCCCCCCCCC(O)N(C)C. The van der Waals surface area contributed by atoms with Gasteiger partial charge in [-0.3, -0.25) is 4.90 Å². The summed E-state index contributed by atoms with van der Waals surface area (Å²) in [6, 6.07) is 0. The summed E-state index contributed by atoms with van der Waals surface area (Å²) in [7, 11) is 3.90. The van der Waals surface area contributed by atoms with Crippen LogP contribution in [-0.4, -0.2) is 30.3 Å². The van der Waals surface area contributed by atoms with E-state index in [1.807, 2.05) is 19.0 Å². The van der Waals surface area contributed by atoms with Crippen LogP contribution in [0.4, 0.5) is 0 Å². The molecular weight excluding hydrogens is 390 g/mol. The molecule has 0 aromatic carbocycles. The molecule has 1 N–H and O–H groups in total. The van der Waals surface area contributed by atoms with Gasteiger partial charge < -0.3 is 5.11 Å². The van der Waals surface area contributed by atoms with E-state index in [1.165, 1.54) is 161 Å². The zero-order chi connectivity index (χ0) is 23.5. The molecule has 0 aliphatic rings. The van der Waals surface area contributed by atoms with Crippen LogP contribution >= 0.6 is 0 Å². The average molecular weight is 454 g/mol. The number of aliphatic hydroxyl groups excluding tert-OH is 1. The van der Waals surface area contributed by atoms with E-state index in [0.29, 0.717) is 0 Å². The molecule has 0 aliphatic carbocycles. The average Bonchev–Trinajstić information content (AvgIpc) is 2.78. The van der Waals surface area contributed by atoms with Crippen LogP contribution in [0.3, 0.4) is 0 Å². The molecule has 194 valence electrons. The Morgan fingerprint density at radius 2 is 0.625 bits per heavy atom. The number of unbranched alkanes of at least 4 members (excludes halogenated alkanes) is 24. The monoisotopic (exact) mass is 453 g/mol. The van der Waals surface area contributed by atoms with E-state index in [-0.39, 0.29) is 6.23 Å². The zero-order valence-electron chi connectivity index (χ0n) is 22.9. The second-order valence-corrected chi connectivity index (χ2v) is 10.7. The Kier molecular flexibility index (Phi) is 27.1. The summed E-state index contributed by atoms with van der Waals surface area (Å²) in [4.78, 5) is 1.90. The first-order chi connectivity index (χ1) is 15.7. The maximum atomic E-state index is 9.74. The highest BCUT2D eigenvalue weighted by Crippen LogP contribution is 2.16. The van der Waals surface area contributed by atoms with Crippen LogP contribution < -0.4 is 0 Å². The molecule has 32 heavy (non-hydrogen) atoms. The fourth-order valence-corrected chi connectivity index (χ4v) is 4.72. The van der Waals surface area contributed by atoms with Gasteiger partial charge in [-0.25, -0.2) is 0 Å². The molecule has 0 radical (unpaired) electrons. The Labute approximate surface area is 204 Å². The molecular formula is C30H63NO. The van der Waals surface area contributed by atoms with Gasteiger partial charge in [0.2, 0.25) is 0 Å². The van der Waals surface area contributed by atoms with E-state index in [2.05, 4.69) is 6.92 Å². The molecule has 0 spiro atoms. The minimum Gasteiger partial charge on any atom is -0.378 e. The lowest BCUT2D eigenvalue weighted by Gasteiger charge is -2.17. The summed E-state index contributed by atoms with van der Waals surface area (Å²) in [5, 5.41) is 9.74. The van der Waals surface area contributed by atoms with Gasteiger partial charge >= 0.3 is 0 Å². The maximum Gasteiger partial charge on any atom is 0.106 e. The van der Waals surface area contributed by atoms with E-state index >= 15 is 0 Å². The topological polar surface area (TPSA) is 23.5 Å². The molecule has 0 aromatic heterocycles. The van der Waals surface area contributed by atoms with Crippen molar-refractivity contribution in [1.29, 1.82) is 0 Å². The lowest BCUT2D eigenvalue weighted by Crippen LogP contribution is -2.27. The van der Waals surface area contributed by atoms with E-state index in [4.69, 9.17) is 0 Å². The van der Waals surface area contributed by atoms with Crippen LogP contribution in [-0.2, 0) is 0 Å². The minimum absolute atomic E-state index is 0.250. The normalized spacial score (nSPS) is 12.7. The van der Waals surface area contributed by atoms with Crippen LogP contribution in [0.5, 0.6) is 0 Å². The number of rotatable bonds is 27. The molecule has 2 nitrogen and oxygen atoms in total. The quantitative estimate of drug-likeness (QED) is 0.0987. The summed E-state index contributed by atoms with van der Waals surface area (Å²) in [5.41, 5.74) is 0. The van der Waals surface area contributed by atoms with Crippen LogP contribution in [0.15, 0.2) is 0 Å². The van der Waals surface area contributed by atoms with Gasteiger partial charge in [-0.05, 0) is 26.9 Å². The molecule has 0 saturated carbocycles. The van der Waals surface area contributed by atoms with E-state index < -0.39 is 0 Å². The van der Waals surface area contributed by atoms with Crippen LogP contribution in [0.25, 0.3) is 0 Å². The molecule has 0 fully saturated rings. The first-order valence-electron chi connectivity index (χ1n) is 15.0. The Morgan fingerprint density at radius 1 is 0.406 bits per heavy atom. The Morgan fingerprint density at radius 3 is 0.844 bits per heavy atom. The third kappa shape index (κ3) is 26.2. The van der Waals surface area contributed by atoms with Crippen molar-refractivity contribution in [2.75, 3.05) is 14.1 Å². The van der Waals surface area contributed by atoms with Crippen molar-refractivity contribution >= 4 is 0 Å². The lowest BCUT2D eigenvalue weighted by molar-refractivity contribution is 0.0313. The summed E-state index contributed by atoms with van der Waals surface area (Å²) < 4.78 is 0. The van der Waals surface area contributed by atoms with Crippen molar-refractivity contribution < 1.29 is 5.11 Å². The fraction of sp³-hybridized carbons (Fsp3) is 1.00. The van der Waals surface area contributed by atoms with Gasteiger partial charge in [-0.2, -0.15) is 0 Å². The molecule has 2 heteroatoms. The second kappa shape index (κ2) is 27.2. The summed E-state index contributed by atoms with van der Waals surface area (Å²) >= 11 is 0. The predicted octanol–water partition coefficient (Wildman–Crippen LogP) is 10.0. The molecule has 1 unspecified atom stereocenters. The molecule has 1 atom stereocenters. The Bertz CT molecular complexity index is 331. The summed E-state index contributed by atoms with van der Waals surface area (Å²) in [6.45, 7) is 2.30. The van der Waals surface area contributed by atoms with Gasteiger partial charge in [0.25, 0.3) is 0 Å². The highest BCUT2D eigenvalue weighted by molar-refractivity contribution is 4.54. The van der Waals surface area contributed by atoms with Crippen molar-refractivity contribution in [1.82, 2.24) is 4.90 Å². The third-order valence-electron chi connectivity index (χ3n) is 7.16. The van der Waals surface area contributed by atoms with Gasteiger partial charge in [0.1, 0.15) is 6.23 Å². The van der Waals surface area contributed by atoms with E-state index in [0.717, 1.165) is 6.42 Å². The van der Waals surface area contributed by atoms with Crippen LogP contribution in [0.2, 0.25) is 0 Å². The predicted molar refractivity (Wildman–Crippen MR) is 145 cm³/mol. The summed E-state index contributed by atoms with van der Waals surface area (Å²) in [5.74, 6) is 0. The smallest absolute Gasteiger partial charge is 0.106 e. The molecule has 0 amide bonds. The van der Waals surface area contributed by atoms with Crippen LogP contribution in [0, 0.1) is 0 Å². The number of hydrogen-bond acceptors (Lipinski definition) is 2. The first kappa shape index (κ1) is 31.9. The molecule has 0 rings (SSSR count). The van der Waals surface area contributed by atoms with Crippen molar-refractivity contribution in [3.05, 3.63) is 0 Å². The largest absolute Gasteiger partial charge is 0.378 e. The van der Waals surface area contributed by atoms with E-state index in [1.54, 1.807) is 0 Å². The van der Waals surface area contributed by atoms with Gasteiger partial charge in [0.15, 0.2) is 0 Å². The number of nitrogens with zero attached hydrogens (tertiary/aromatic N) is 1. The standard InChI is InChI=1S/C30H63NO/c1-4-5-6-7-8-9-10-11-12-13-14-15-16-17-18-19-20-21-22-23-24-25-26-27-28-29-30(32)31(2)3/h30,32H,4-29H2,1-3H3. The molecule has 0 aromatic rings. The number of aliphatic hydroxyl groups is 1. The van der Waals surface area contributed by atoms with Gasteiger partial charge in [-0.15, -0.1) is 0 Å². The molecule has 0 aliphatic heterocycles. The van der Waals surface area contributed by atoms with Gasteiger partial charge in [0, 0.05) is 0 Å². The third-order valence-corrected chi connectivity index (χ3v) is 7.16. The Balaban J connectivity index is 3.04. The highest BCUT2D eigenvalue weighted by atomic mass is 16.3. The maximum absolute atomic E-state index is 9.74. The lowest BCUT2D eigenvalue weighted by atomic mass is 10.0. The molecule has 0 bridgehead atoms. The van der Waals surface area contributed by atoms with E-state index in [9.17, 15) is 5.11 Å². The molecule has 0 saturated heterocycles. The Hall–Kier alpha value is -0.0800. The highest BCUT2D eigenvalue weighted by Gasteiger charge is 2.04. The van der Waals surface area contributed by atoms with Crippen LogP contribution in [0.1, 0.15) is 174 Å². The zero-order valence-corrected chi connectivity index (χ0v) is 22.9. The van der Waals surface area contributed by atoms with Gasteiger partial charge in [-0.1, -0.05) is 161 Å². The van der Waals surface area contributed by atoms with Crippen molar-refractivity contribution in [3.63, 3.8) is 0 Å². The second-order valence-electron chi connectivity index (χ2n) is 10.7. The van der Waals surface area contributed by atoms with Gasteiger partial charge in [0.05, 0.1) is 0 Å². The summed E-state index contributed by atoms with van der Waals surface area (Å²) in [6.07, 6.45) is 36.5. The van der Waals surface area contributed by atoms with Crippen molar-refractivity contribution in [2.45, 2.75) is 180 Å². The molecule has 0 heterocycles. The first-order valence-corrected chi connectivity index (χ1v) is 15.0. The van der Waals surface area contributed by atoms with Crippen molar-refractivity contribution in [3.8, 4) is 0 Å².